The molecule has 0 aromatic heterocycles. The van der Waals surface area contributed by atoms with Crippen molar-refractivity contribution < 1.29 is 14.7 Å². The van der Waals surface area contributed by atoms with Gasteiger partial charge in [0.1, 0.15) is 0 Å². The van der Waals surface area contributed by atoms with E-state index in [1.165, 1.54) is 32.1 Å². The number of amides is 1. The molecule has 4 heteroatoms. The molecule has 2 aliphatic carbocycles. The van der Waals surface area contributed by atoms with Gasteiger partial charge in [0, 0.05) is 19.5 Å². The molecule has 3 rings (SSSR count). The summed E-state index contributed by atoms with van der Waals surface area (Å²) in [6.07, 6.45) is 10.9. The van der Waals surface area contributed by atoms with Crippen molar-refractivity contribution in [2.75, 3.05) is 13.1 Å². The van der Waals surface area contributed by atoms with Crippen LogP contribution in [0.5, 0.6) is 0 Å². The van der Waals surface area contributed by atoms with Gasteiger partial charge in [-0.05, 0) is 37.5 Å². The van der Waals surface area contributed by atoms with Crippen molar-refractivity contribution in [3.63, 3.8) is 0 Å². The van der Waals surface area contributed by atoms with Gasteiger partial charge in [-0.1, -0.05) is 32.1 Å². The number of rotatable bonds is 5. The third-order valence-electron chi connectivity index (χ3n) is 6.13. The van der Waals surface area contributed by atoms with E-state index in [0.717, 1.165) is 31.6 Å². The molecule has 1 amide bonds. The fraction of sp³-hybridized carbons (Fsp3) is 0.882. The second-order valence-electron chi connectivity index (χ2n) is 7.37. The molecule has 1 N–H and O–H groups in total. The van der Waals surface area contributed by atoms with E-state index in [0.29, 0.717) is 19.5 Å². The Morgan fingerprint density at radius 3 is 2.57 bits per heavy atom. The molecular formula is C17H27NO3. The normalized spacial score (nSPS) is 32.6. The molecular weight excluding hydrogens is 266 g/mol. The average molecular weight is 293 g/mol. The van der Waals surface area contributed by atoms with Gasteiger partial charge < -0.3 is 10.0 Å². The van der Waals surface area contributed by atoms with Crippen LogP contribution >= 0.6 is 0 Å². The van der Waals surface area contributed by atoms with Crippen molar-refractivity contribution in [3.05, 3.63) is 0 Å². The Morgan fingerprint density at radius 1 is 1.14 bits per heavy atom. The van der Waals surface area contributed by atoms with Crippen molar-refractivity contribution >= 4 is 11.9 Å². The standard InChI is InChI=1S/C17H27NO3/c19-15(9-3-7-13-5-1-2-6-13)18-11-14-8-4-10-17(14,12-18)16(20)21/h13-14H,1-12H2,(H,20,21)/t14-,17+/m0/s1. The van der Waals surface area contributed by atoms with Gasteiger partial charge in [-0.15, -0.1) is 0 Å². The quantitative estimate of drug-likeness (QED) is 0.847. The molecule has 118 valence electrons. The van der Waals surface area contributed by atoms with Gasteiger partial charge in [-0.25, -0.2) is 0 Å². The zero-order valence-electron chi connectivity index (χ0n) is 12.9. The Balaban J connectivity index is 1.49. The van der Waals surface area contributed by atoms with Crippen LogP contribution in [-0.2, 0) is 9.59 Å². The molecule has 4 nitrogen and oxygen atoms in total. The van der Waals surface area contributed by atoms with Crippen molar-refractivity contribution in [2.45, 2.75) is 64.2 Å². The number of hydrogen-bond donors (Lipinski definition) is 1. The minimum Gasteiger partial charge on any atom is -0.481 e. The van der Waals surface area contributed by atoms with Gasteiger partial charge in [-0.3, -0.25) is 9.59 Å². The predicted molar refractivity (Wildman–Crippen MR) is 79.8 cm³/mol. The summed E-state index contributed by atoms with van der Waals surface area (Å²) in [5.41, 5.74) is -0.624. The molecule has 1 saturated heterocycles. The number of carboxylic acid groups (broad SMARTS) is 1. The Morgan fingerprint density at radius 2 is 1.90 bits per heavy atom. The van der Waals surface area contributed by atoms with E-state index >= 15 is 0 Å². The Labute approximate surface area is 126 Å². The molecule has 2 atom stereocenters. The maximum Gasteiger partial charge on any atom is 0.311 e. The highest BCUT2D eigenvalue weighted by Gasteiger charge is 2.55. The third kappa shape index (κ3) is 2.82. The summed E-state index contributed by atoms with van der Waals surface area (Å²) in [7, 11) is 0. The molecule has 0 aromatic carbocycles. The number of aliphatic carboxylic acids is 1. The SMILES string of the molecule is O=C(CCCC1CCCC1)N1C[C@@H]2CCC[C@@]2(C(=O)O)C1. The fourth-order valence-electron chi connectivity index (χ4n) is 4.83. The average Bonchev–Trinajstić information content (AvgIpc) is 3.13. The second kappa shape index (κ2) is 5.98. The molecule has 3 aliphatic rings. The van der Waals surface area contributed by atoms with E-state index in [2.05, 4.69) is 0 Å². The largest absolute Gasteiger partial charge is 0.481 e. The lowest BCUT2D eigenvalue weighted by Gasteiger charge is -2.23. The summed E-state index contributed by atoms with van der Waals surface area (Å²) in [6.45, 7) is 1.13. The first kappa shape index (κ1) is 14.9. The van der Waals surface area contributed by atoms with Gasteiger partial charge in [0.05, 0.1) is 5.41 Å². The lowest BCUT2D eigenvalue weighted by Crippen LogP contribution is -2.37. The van der Waals surface area contributed by atoms with Crippen LogP contribution < -0.4 is 0 Å². The molecule has 21 heavy (non-hydrogen) atoms. The van der Waals surface area contributed by atoms with Crippen LogP contribution in [0.1, 0.15) is 64.2 Å². The summed E-state index contributed by atoms with van der Waals surface area (Å²) in [5.74, 6) is 0.518. The van der Waals surface area contributed by atoms with Crippen LogP contribution in [0.25, 0.3) is 0 Å². The molecule has 0 unspecified atom stereocenters. The molecule has 0 radical (unpaired) electrons. The number of carbonyl (C=O) groups is 2. The van der Waals surface area contributed by atoms with E-state index in [1.807, 2.05) is 4.90 Å². The van der Waals surface area contributed by atoms with E-state index in [4.69, 9.17) is 0 Å². The van der Waals surface area contributed by atoms with Crippen molar-refractivity contribution in [1.29, 1.82) is 0 Å². The van der Waals surface area contributed by atoms with Crippen LogP contribution in [0.2, 0.25) is 0 Å². The van der Waals surface area contributed by atoms with Crippen molar-refractivity contribution in [1.82, 2.24) is 4.90 Å². The van der Waals surface area contributed by atoms with E-state index in [1.54, 1.807) is 0 Å². The third-order valence-corrected chi connectivity index (χ3v) is 6.13. The van der Waals surface area contributed by atoms with Gasteiger partial charge in [0.2, 0.25) is 5.91 Å². The first-order chi connectivity index (χ1) is 10.1. The van der Waals surface area contributed by atoms with Gasteiger partial charge in [-0.2, -0.15) is 0 Å². The van der Waals surface area contributed by atoms with Crippen LogP contribution in [-0.4, -0.2) is 35.0 Å². The molecule has 1 aliphatic heterocycles. The Hall–Kier alpha value is -1.06. The minimum absolute atomic E-state index is 0.183. The maximum atomic E-state index is 12.3. The smallest absolute Gasteiger partial charge is 0.311 e. The fourth-order valence-corrected chi connectivity index (χ4v) is 4.83. The van der Waals surface area contributed by atoms with Gasteiger partial charge in [0.15, 0.2) is 0 Å². The Kier molecular flexibility index (Phi) is 4.23. The van der Waals surface area contributed by atoms with Crippen LogP contribution in [0.4, 0.5) is 0 Å². The number of nitrogens with zero attached hydrogens (tertiary/aromatic N) is 1. The second-order valence-corrected chi connectivity index (χ2v) is 7.37. The van der Waals surface area contributed by atoms with Crippen LogP contribution in [0.15, 0.2) is 0 Å². The monoisotopic (exact) mass is 293 g/mol. The molecule has 3 fully saturated rings. The molecule has 1 heterocycles. The predicted octanol–water partition coefficient (Wildman–Crippen LogP) is 3.06. The van der Waals surface area contributed by atoms with Crippen molar-refractivity contribution in [2.24, 2.45) is 17.3 Å². The van der Waals surface area contributed by atoms with E-state index in [9.17, 15) is 14.7 Å². The van der Waals surface area contributed by atoms with Crippen LogP contribution in [0, 0.1) is 17.3 Å². The van der Waals surface area contributed by atoms with Gasteiger partial charge in [0.25, 0.3) is 0 Å². The Bertz CT molecular complexity index is 416. The number of carbonyl (C=O) groups excluding carboxylic acids is 1. The molecule has 0 bridgehead atoms. The summed E-state index contributed by atoms with van der Waals surface area (Å²) in [4.78, 5) is 25.8. The minimum atomic E-state index is -0.689. The first-order valence-corrected chi connectivity index (χ1v) is 8.63. The number of likely N-dealkylation sites (tertiary alicyclic amines) is 1. The molecule has 2 saturated carbocycles. The zero-order valence-corrected chi connectivity index (χ0v) is 12.9. The molecule has 0 aromatic rings. The highest BCUT2D eigenvalue weighted by atomic mass is 16.4. The number of hydrogen-bond acceptors (Lipinski definition) is 2. The summed E-state index contributed by atoms with van der Waals surface area (Å²) in [5, 5.41) is 9.56. The lowest BCUT2D eigenvalue weighted by atomic mass is 9.81. The van der Waals surface area contributed by atoms with Gasteiger partial charge >= 0.3 is 5.97 Å². The van der Waals surface area contributed by atoms with Crippen LogP contribution in [0.3, 0.4) is 0 Å². The highest BCUT2D eigenvalue weighted by Crippen LogP contribution is 2.49. The zero-order chi connectivity index (χ0) is 14.9. The summed E-state index contributed by atoms with van der Waals surface area (Å²) in [6, 6.07) is 0. The maximum absolute atomic E-state index is 12.3. The van der Waals surface area contributed by atoms with E-state index in [-0.39, 0.29) is 11.8 Å². The topological polar surface area (TPSA) is 57.6 Å². The number of carboxylic acids is 1. The first-order valence-electron chi connectivity index (χ1n) is 8.63. The molecule has 0 spiro atoms. The highest BCUT2D eigenvalue weighted by molar-refractivity contribution is 5.81. The lowest BCUT2D eigenvalue weighted by molar-refractivity contribution is -0.149. The summed E-state index contributed by atoms with van der Waals surface area (Å²) >= 11 is 0. The number of fused-ring (bicyclic) bond motifs is 1. The van der Waals surface area contributed by atoms with Crippen molar-refractivity contribution in [3.8, 4) is 0 Å². The summed E-state index contributed by atoms with van der Waals surface area (Å²) < 4.78 is 0. The van der Waals surface area contributed by atoms with E-state index < -0.39 is 11.4 Å².